The quantitative estimate of drug-likeness (QED) is 0.846. The molecule has 1 aromatic carbocycles. The van der Waals surface area contributed by atoms with Gasteiger partial charge >= 0.3 is 0 Å². The summed E-state index contributed by atoms with van der Waals surface area (Å²) in [5.74, 6) is 6.77. The van der Waals surface area contributed by atoms with Gasteiger partial charge in [-0.05, 0) is 43.9 Å². The zero-order valence-corrected chi connectivity index (χ0v) is 12.8. The van der Waals surface area contributed by atoms with Crippen molar-refractivity contribution in [2.24, 2.45) is 5.92 Å². The first-order valence-electron chi connectivity index (χ1n) is 7.58. The van der Waals surface area contributed by atoms with Crippen LogP contribution in [0.15, 0.2) is 18.2 Å². The third kappa shape index (κ3) is 4.14. The van der Waals surface area contributed by atoms with Crippen LogP contribution in [0.3, 0.4) is 0 Å². The molecule has 4 heteroatoms. The largest absolute Gasteiger partial charge is 0.380 e. The molecule has 0 radical (unpaired) electrons. The average molecular weight is 306 g/mol. The first-order valence-corrected chi connectivity index (χ1v) is 7.96. The molecule has 0 spiro atoms. The minimum Gasteiger partial charge on any atom is -0.380 e. The van der Waals surface area contributed by atoms with Crippen molar-refractivity contribution in [1.82, 2.24) is 0 Å². The molecule has 0 saturated carbocycles. The van der Waals surface area contributed by atoms with Gasteiger partial charge in [0, 0.05) is 30.4 Å². The molecule has 2 fully saturated rings. The summed E-state index contributed by atoms with van der Waals surface area (Å²) in [6.45, 7) is 2.38. The van der Waals surface area contributed by atoms with Crippen LogP contribution in [0.1, 0.15) is 31.2 Å². The average Bonchev–Trinajstić information content (AvgIpc) is 3.02. The van der Waals surface area contributed by atoms with Crippen molar-refractivity contribution in [3.63, 3.8) is 0 Å². The second-order valence-electron chi connectivity index (χ2n) is 5.52. The van der Waals surface area contributed by atoms with E-state index in [1.807, 2.05) is 18.2 Å². The number of halogens is 1. The van der Waals surface area contributed by atoms with E-state index < -0.39 is 0 Å². The Morgan fingerprint density at radius 3 is 2.90 bits per heavy atom. The molecule has 3 rings (SSSR count). The summed E-state index contributed by atoms with van der Waals surface area (Å²) in [6, 6.07) is 5.87. The van der Waals surface area contributed by atoms with E-state index in [-0.39, 0.29) is 6.23 Å². The van der Waals surface area contributed by atoms with Gasteiger partial charge in [0.05, 0.1) is 11.6 Å². The lowest BCUT2D eigenvalue weighted by Crippen LogP contribution is -2.27. The van der Waals surface area contributed by atoms with Gasteiger partial charge in [0.15, 0.2) is 0 Å². The number of rotatable bonds is 2. The van der Waals surface area contributed by atoms with Crippen molar-refractivity contribution in [3.05, 3.63) is 28.8 Å². The van der Waals surface area contributed by atoms with Crippen LogP contribution in [0.2, 0.25) is 5.02 Å². The van der Waals surface area contributed by atoms with Crippen molar-refractivity contribution >= 4 is 17.3 Å². The Labute approximate surface area is 131 Å². The molecule has 2 aliphatic heterocycles. The van der Waals surface area contributed by atoms with Crippen LogP contribution in [-0.2, 0) is 9.47 Å². The Morgan fingerprint density at radius 1 is 1.19 bits per heavy atom. The molecule has 21 heavy (non-hydrogen) atoms. The fraction of sp³-hybridized carbons (Fsp3) is 0.529. The monoisotopic (exact) mass is 305 g/mol. The first-order chi connectivity index (χ1) is 10.3. The summed E-state index contributed by atoms with van der Waals surface area (Å²) in [6.07, 6.45) is 4.52. The fourth-order valence-corrected chi connectivity index (χ4v) is 2.74. The fourth-order valence-electron chi connectivity index (χ4n) is 2.58. The molecule has 0 amide bonds. The number of anilines is 1. The molecule has 2 saturated heterocycles. The van der Waals surface area contributed by atoms with Crippen molar-refractivity contribution in [3.8, 4) is 11.8 Å². The van der Waals surface area contributed by atoms with E-state index in [1.165, 1.54) is 6.42 Å². The van der Waals surface area contributed by atoms with Crippen LogP contribution in [-0.4, -0.2) is 26.0 Å². The molecule has 3 nitrogen and oxygen atoms in total. The van der Waals surface area contributed by atoms with Gasteiger partial charge in [-0.15, -0.1) is 0 Å². The van der Waals surface area contributed by atoms with E-state index in [0.29, 0.717) is 10.9 Å². The second-order valence-corrected chi connectivity index (χ2v) is 5.93. The maximum atomic E-state index is 6.23. The predicted octanol–water partition coefficient (Wildman–Crippen LogP) is 3.67. The van der Waals surface area contributed by atoms with E-state index in [1.54, 1.807) is 0 Å². The first kappa shape index (κ1) is 14.7. The third-order valence-electron chi connectivity index (χ3n) is 3.81. The van der Waals surface area contributed by atoms with Gasteiger partial charge in [-0.2, -0.15) is 0 Å². The van der Waals surface area contributed by atoms with Gasteiger partial charge in [-0.3, -0.25) is 0 Å². The molecule has 2 heterocycles. The minimum absolute atomic E-state index is 0.101. The Kier molecular flexibility index (Phi) is 5.03. The molecule has 2 atom stereocenters. The van der Waals surface area contributed by atoms with Crippen molar-refractivity contribution in [1.29, 1.82) is 0 Å². The van der Waals surface area contributed by atoms with E-state index in [4.69, 9.17) is 21.1 Å². The lowest BCUT2D eigenvalue weighted by Gasteiger charge is -2.24. The van der Waals surface area contributed by atoms with Gasteiger partial charge in [-0.1, -0.05) is 23.4 Å². The summed E-state index contributed by atoms with van der Waals surface area (Å²) in [5.41, 5.74) is 1.88. The third-order valence-corrected chi connectivity index (χ3v) is 4.14. The van der Waals surface area contributed by atoms with Crippen LogP contribution in [0.5, 0.6) is 0 Å². The molecule has 1 aromatic rings. The van der Waals surface area contributed by atoms with Crippen molar-refractivity contribution < 1.29 is 9.47 Å². The summed E-state index contributed by atoms with van der Waals surface area (Å²) in [7, 11) is 0. The molecule has 0 aromatic heterocycles. The topological polar surface area (TPSA) is 30.5 Å². The molecule has 112 valence electrons. The molecule has 2 unspecified atom stereocenters. The maximum Gasteiger partial charge on any atom is 0.127 e. The number of benzene rings is 1. The van der Waals surface area contributed by atoms with Gasteiger partial charge in [0.2, 0.25) is 0 Å². The summed E-state index contributed by atoms with van der Waals surface area (Å²) in [5, 5.41) is 4.09. The number of hydrogen-bond donors (Lipinski definition) is 1. The molecule has 1 N–H and O–H groups in total. The van der Waals surface area contributed by atoms with Crippen LogP contribution in [0, 0.1) is 17.8 Å². The molecule has 0 aliphatic carbocycles. The Bertz CT molecular complexity index is 537. The zero-order chi connectivity index (χ0) is 14.5. The predicted molar refractivity (Wildman–Crippen MR) is 84.5 cm³/mol. The number of nitrogens with one attached hydrogen (secondary N) is 1. The van der Waals surface area contributed by atoms with Crippen LogP contribution in [0.25, 0.3) is 0 Å². The standard InChI is InChI=1S/C17H20ClNO2/c18-16-7-6-15(19-17-3-1-2-9-21-17)11-14(16)5-4-13-8-10-20-12-13/h6-7,11,13,17,19H,1-3,8-10,12H2. The molecular weight excluding hydrogens is 286 g/mol. The van der Waals surface area contributed by atoms with Crippen LogP contribution < -0.4 is 5.32 Å². The highest BCUT2D eigenvalue weighted by atomic mass is 35.5. The Hall–Kier alpha value is -1.21. The Morgan fingerprint density at radius 2 is 2.14 bits per heavy atom. The number of ether oxygens (including phenoxy) is 2. The smallest absolute Gasteiger partial charge is 0.127 e. The Balaban J connectivity index is 1.69. The molecule has 2 aliphatic rings. The summed E-state index contributed by atoms with van der Waals surface area (Å²) < 4.78 is 11.0. The van der Waals surface area contributed by atoms with Crippen molar-refractivity contribution in [2.45, 2.75) is 31.9 Å². The van der Waals surface area contributed by atoms with Gasteiger partial charge in [0.1, 0.15) is 6.23 Å². The lowest BCUT2D eigenvalue weighted by atomic mass is 10.1. The molecule has 0 bridgehead atoms. The van der Waals surface area contributed by atoms with E-state index in [2.05, 4.69) is 17.2 Å². The molecular formula is C17H20ClNO2. The van der Waals surface area contributed by atoms with E-state index >= 15 is 0 Å². The van der Waals surface area contributed by atoms with Gasteiger partial charge in [0.25, 0.3) is 0 Å². The SMILES string of the molecule is Clc1ccc(NC2CCCCO2)cc1C#CC1CCOC1. The second kappa shape index (κ2) is 7.17. The summed E-state index contributed by atoms with van der Waals surface area (Å²) >= 11 is 6.23. The highest BCUT2D eigenvalue weighted by Gasteiger charge is 2.14. The maximum absolute atomic E-state index is 6.23. The van der Waals surface area contributed by atoms with E-state index in [0.717, 1.165) is 50.3 Å². The van der Waals surface area contributed by atoms with Crippen molar-refractivity contribution in [2.75, 3.05) is 25.1 Å². The van der Waals surface area contributed by atoms with Crippen LogP contribution in [0.4, 0.5) is 5.69 Å². The van der Waals surface area contributed by atoms with Gasteiger partial charge < -0.3 is 14.8 Å². The highest BCUT2D eigenvalue weighted by molar-refractivity contribution is 6.31. The summed E-state index contributed by atoms with van der Waals surface area (Å²) in [4.78, 5) is 0. The highest BCUT2D eigenvalue weighted by Crippen LogP contribution is 2.23. The lowest BCUT2D eigenvalue weighted by molar-refractivity contribution is 0.0343. The zero-order valence-electron chi connectivity index (χ0n) is 12.0. The van der Waals surface area contributed by atoms with Crippen LogP contribution >= 0.6 is 11.6 Å². The minimum atomic E-state index is 0.101. The van der Waals surface area contributed by atoms with Gasteiger partial charge in [-0.25, -0.2) is 0 Å². The normalized spacial score (nSPS) is 25.2. The number of hydrogen-bond acceptors (Lipinski definition) is 3. The van der Waals surface area contributed by atoms with E-state index in [9.17, 15) is 0 Å².